The molecule has 0 saturated heterocycles. The maximum atomic E-state index is 12.0. The topological polar surface area (TPSA) is 63.7 Å². The van der Waals surface area contributed by atoms with E-state index < -0.39 is 11.7 Å². The molecule has 20 heavy (non-hydrogen) atoms. The van der Waals surface area contributed by atoms with Crippen LogP contribution in [0.5, 0.6) is 5.75 Å². The van der Waals surface area contributed by atoms with Gasteiger partial charge in [0, 0.05) is 5.92 Å². The van der Waals surface area contributed by atoms with E-state index >= 15 is 0 Å². The average molecular weight is 275 g/mol. The molecule has 106 valence electrons. The fraction of sp³-hybridized carbons (Fsp3) is 0.400. The van der Waals surface area contributed by atoms with Crippen LogP contribution in [0, 0.1) is 5.92 Å². The van der Waals surface area contributed by atoms with Crippen LogP contribution < -0.4 is 9.64 Å². The highest BCUT2D eigenvalue weighted by Gasteiger charge is 2.37. The molecule has 1 aromatic carbocycles. The van der Waals surface area contributed by atoms with E-state index in [2.05, 4.69) is 0 Å². The highest BCUT2D eigenvalue weighted by atomic mass is 16.5. The molecule has 5 heteroatoms. The number of rotatable bonds is 5. The van der Waals surface area contributed by atoms with Gasteiger partial charge in [-0.2, -0.15) is 0 Å². The molecule has 0 aromatic heterocycles. The number of ether oxygens (including phenoxy) is 1. The number of hydrogen-bond donors (Lipinski definition) is 0. The van der Waals surface area contributed by atoms with Gasteiger partial charge < -0.3 is 4.74 Å². The van der Waals surface area contributed by atoms with Gasteiger partial charge in [-0.15, -0.1) is 0 Å². The van der Waals surface area contributed by atoms with E-state index in [0.717, 1.165) is 0 Å². The van der Waals surface area contributed by atoms with Crippen LogP contribution in [0.3, 0.4) is 0 Å². The Kier molecular flexibility index (Phi) is 3.88. The fourth-order valence-electron chi connectivity index (χ4n) is 2.10. The number of anilines is 1. The molecule has 0 aliphatic carbocycles. The molecule has 0 radical (unpaired) electrons. The van der Waals surface area contributed by atoms with Crippen molar-refractivity contribution < 1.29 is 19.1 Å². The maximum Gasteiger partial charge on any atom is 0.299 e. The number of fused-ring (bicyclic) bond motifs is 1. The second-order valence-corrected chi connectivity index (χ2v) is 4.88. The number of carbonyl (C=O) groups is 3. The molecule has 1 amide bonds. The standard InChI is InChI=1S/C15H17NO4/c1-4-9(2)13(17)8-16-12-6-5-10(20-3)7-11(12)14(18)15(16)19/h5-7,9H,4,8H2,1-3H3. The average Bonchev–Trinajstić information content (AvgIpc) is 2.70. The van der Waals surface area contributed by atoms with Crippen LogP contribution in [0.1, 0.15) is 30.6 Å². The molecule has 1 aliphatic heterocycles. The van der Waals surface area contributed by atoms with E-state index in [-0.39, 0.29) is 18.2 Å². The predicted molar refractivity (Wildman–Crippen MR) is 74.1 cm³/mol. The summed E-state index contributed by atoms with van der Waals surface area (Å²) in [4.78, 5) is 37.2. The minimum absolute atomic E-state index is 0.0441. The molecule has 5 nitrogen and oxygen atoms in total. The van der Waals surface area contributed by atoms with Crippen molar-refractivity contribution in [3.63, 3.8) is 0 Å². The largest absolute Gasteiger partial charge is 0.497 e. The summed E-state index contributed by atoms with van der Waals surface area (Å²) in [5, 5.41) is 0. The Labute approximate surface area is 117 Å². The molecule has 0 fully saturated rings. The molecular formula is C15H17NO4. The molecule has 1 aromatic rings. The van der Waals surface area contributed by atoms with Gasteiger partial charge in [0.15, 0.2) is 5.78 Å². The Morgan fingerprint density at radius 1 is 1.35 bits per heavy atom. The molecule has 1 aliphatic rings. The lowest BCUT2D eigenvalue weighted by Crippen LogP contribution is -2.36. The molecule has 0 spiro atoms. The number of amides is 1. The Balaban J connectivity index is 2.32. The number of nitrogens with zero attached hydrogens (tertiary/aromatic N) is 1. The normalized spacial score (nSPS) is 15.2. The summed E-state index contributed by atoms with van der Waals surface area (Å²) in [7, 11) is 1.49. The molecule has 1 unspecified atom stereocenters. The van der Waals surface area contributed by atoms with Crippen molar-refractivity contribution in [2.24, 2.45) is 5.92 Å². The molecule has 2 rings (SSSR count). The first kappa shape index (κ1) is 14.2. The van der Waals surface area contributed by atoms with Gasteiger partial charge in [-0.1, -0.05) is 13.8 Å². The Morgan fingerprint density at radius 3 is 2.65 bits per heavy atom. The van der Waals surface area contributed by atoms with Crippen molar-refractivity contribution in [1.82, 2.24) is 0 Å². The van der Waals surface area contributed by atoms with Gasteiger partial charge in [0.1, 0.15) is 5.75 Å². The van der Waals surface area contributed by atoms with Gasteiger partial charge in [-0.25, -0.2) is 0 Å². The predicted octanol–water partition coefficient (Wildman–Crippen LogP) is 1.84. The monoisotopic (exact) mass is 275 g/mol. The summed E-state index contributed by atoms with van der Waals surface area (Å²) in [5.41, 5.74) is 0.781. The molecule has 0 N–H and O–H groups in total. The van der Waals surface area contributed by atoms with Gasteiger partial charge in [0.25, 0.3) is 11.7 Å². The van der Waals surface area contributed by atoms with E-state index in [9.17, 15) is 14.4 Å². The van der Waals surface area contributed by atoms with E-state index in [4.69, 9.17) is 4.74 Å². The van der Waals surface area contributed by atoms with E-state index in [0.29, 0.717) is 23.4 Å². The summed E-state index contributed by atoms with van der Waals surface area (Å²) in [6.45, 7) is 3.68. The number of carbonyl (C=O) groups excluding carboxylic acids is 3. The minimum atomic E-state index is -0.648. The first-order valence-electron chi connectivity index (χ1n) is 6.56. The van der Waals surface area contributed by atoms with E-state index in [1.54, 1.807) is 12.1 Å². The first-order chi connectivity index (χ1) is 9.49. The molecule has 1 heterocycles. The van der Waals surface area contributed by atoms with Crippen molar-refractivity contribution in [3.05, 3.63) is 23.8 Å². The second-order valence-electron chi connectivity index (χ2n) is 4.88. The summed E-state index contributed by atoms with van der Waals surface area (Å²) in [6.07, 6.45) is 0.713. The minimum Gasteiger partial charge on any atom is -0.497 e. The lowest BCUT2D eigenvalue weighted by atomic mass is 10.0. The third-order valence-corrected chi connectivity index (χ3v) is 3.65. The quantitative estimate of drug-likeness (QED) is 0.769. The zero-order valence-corrected chi connectivity index (χ0v) is 11.8. The number of benzene rings is 1. The Morgan fingerprint density at radius 2 is 2.05 bits per heavy atom. The van der Waals surface area contributed by atoms with Gasteiger partial charge >= 0.3 is 0 Å². The molecule has 1 atom stereocenters. The summed E-state index contributed by atoms with van der Waals surface area (Å²) in [5.74, 6) is -0.890. The fourth-order valence-corrected chi connectivity index (χ4v) is 2.10. The second kappa shape index (κ2) is 5.45. The van der Waals surface area contributed by atoms with Gasteiger partial charge in [0.05, 0.1) is 24.9 Å². The summed E-state index contributed by atoms with van der Waals surface area (Å²) >= 11 is 0. The van der Waals surface area contributed by atoms with E-state index in [1.807, 2.05) is 13.8 Å². The van der Waals surface area contributed by atoms with Crippen LogP contribution in [0.4, 0.5) is 5.69 Å². The van der Waals surface area contributed by atoms with Crippen LogP contribution in [-0.2, 0) is 9.59 Å². The summed E-state index contributed by atoms with van der Waals surface area (Å²) < 4.78 is 5.05. The van der Waals surface area contributed by atoms with Crippen LogP contribution in [-0.4, -0.2) is 31.1 Å². The van der Waals surface area contributed by atoms with Crippen molar-refractivity contribution in [2.75, 3.05) is 18.6 Å². The number of Topliss-reactive ketones (excluding diaryl/α,β-unsaturated/α-hetero) is 2. The van der Waals surface area contributed by atoms with Crippen LogP contribution in [0.15, 0.2) is 18.2 Å². The molecule has 0 bridgehead atoms. The highest BCUT2D eigenvalue weighted by molar-refractivity contribution is 6.52. The van der Waals surface area contributed by atoms with Gasteiger partial charge in [0.2, 0.25) is 0 Å². The van der Waals surface area contributed by atoms with Crippen molar-refractivity contribution >= 4 is 23.2 Å². The van der Waals surface area contributed by atoms with E-state index in [1.165, 1.54) is 18.1 Å². The SMILES string of the molecule is CCC(C)C(=O)CN1C(=O)C(=O)c2cc(OC)ccc21. The molecular weight excluding hydrogens is 258 g/mol. The maximum absolute atomic E-state index is 12.0. The lowest BCUT2D eigenvalue weighted by molar-refractivity contribution is -0.123. The Hall–Kier alpha value is -2.17. The van der Waals surface area contributed by atoms with Crippen molar-refractivity contribution in [3.8, 4) is 5.75 Å². The third-order valence-electron chi connectivity index (χ3n) is 3.65. The number of methoxy groups -OCH3 is 1. The van der Waals surface area contributed by atoms with Crippen molar-refractivity contribution in [1.29, 1.82) is 0 Å². The van der Waals surface area contributed by atoms with Crippen LogP contribution in [0.2, 0.25) is 0 Å². The highest BCUT2D eigenvalue weighted by Crippen LogP contribution is 2.32. The zero-order chi connectivity index (χ0) is 14.9. The van der Waals surface area contributed by atoms with Gasteiger partial charge in [-0.05, 0) is 24.6 Å². The molecule has 0 saturated carbocycles. The van der Waals surface area contributed by atoms with Crippen LogP contribution >= 0.6 is 0 Å². The number of ketones is 2. The van der Waals surface area contributed by atoms with Crippen LogP contribution in [0.25, 0.3) is 0 Å². The first-order valence-corrected chi connectivity index (χ1v) is 6.56. The third kappa shape index (κ3) is 2.31. The van der Waals surface area contributed by atoms with Gasteiger partial charge in [-0.3, -0.25) is 19.3 Å². The summed E-state index contributed by atoms with van der Waals surface area (Å²) in [6, 6.07) is 4.84. The Bertz CT molecular complexity index is 579. The smallest absolute Gasteiger partial charge is 0.299 e. The number of hydrogen-bond acceptors (Lipinski definition) is 4. The van der Waals surface area contributed by atoms with Crippen molar-refractivity contribution in [2.45, 2.75) is 20.3 Å². The lowest BCUT2D eigenvalue weighted by Gasteiger charge is -2.17. The zero-order valence-electron chi connectivity index (χ0n) is 11.8.